The molecule has 0 heterocycles. The molecule has 0 radical (unpaired) electrons. The fourth-order valence-electron chi connectivity index (χ4n) is 1.67. The third kappa shape index (κ3) is 2.96. The van der Waals surface area contributed by atoms with Gasteiger partial charge in [-0.3, -0.25) is 0 Å². The van der Waals surface area contributed by atoms with Crippen LogP contribution in [0.2, 0.25) is 10.0 Å². The molecule has 0 amide bonds. The van der Waals surface area contributed by atoms with Gasteiger partial charge < -0.3 is 0 Å². The second kappa shape index (κ2) is 5.78. The fourth-order valence-corrected chi connectivity index (χ4v) is 1.92. The lowest BCUT2D eigenvalue weighted by Gasteiger charge is -2.12. The van der Waals surface area contributed by atoms with Crippen LogP contribution in [0.25, 0.3) is 10.4 Å². The molecule has 0 aliphatic carbocycles. The maximum atomic E-state index is 8.67. The normalized spacial score (nSPS) is 10.2. The summed E-state index contributed by atoms with van der Waals surface area (Å²) in [5.74, 6) is 0. The van der Waals surface area contributed by atoms with Crippen molar-refractivity contribution in [3.05, 3.63) is 80.1 Å². The van der Waals surface area contributed by atoms with Gasteiger partial charge in [0.15, 0.2) is 0 Å². The van der Waals surface area contributed by atoms with E-state index in [-0.39, 0.29) is 6.04 Å². The SMILES string of the molecule is [N-]=[N+]=NC(c1ccc(Cl)cc1)c1ccc(Cl)cc1. The molecule has 0 unspecified atom stereocenters. The maximum Gasteiger partial charge on any atom is 0.0876 e. The first-order valence-corrected chi connectivity index (χ1v) is 6.01. The van der Waals surface area contributed by atoms with Gasteiger partial charge in [-0.15, -0.1) is 0 Å². The summed E-state index contributed by atoms with van der Waals surface area (Å²) in [5, 5.41) is 5.11. The molecule has 0 aliphatic heterocycles. The van der Waals surface area contributed by atoms with Crippen molar-refractivity contribution in [2.24, 2.45) is 5.11 Å². The molecule has 2 rings (SSSR count). The Labute approximate surface area is 115 Å². The quantitative estimate of drug-likeness (QED) is 0.410. The van der Waals surface area contributed by atoms with Crippen LogP contribution in [0.3, 0.4) is 0 Å². The van der Waals surface area contributed by atoms with E-state index in [0.29, 0.717) is 10.0 Å². The molecular formula is C13H9Cl2N3. The van der Waals surface area contributed by atoms with Crippen LogP contribution < -0.4 is 0 Å². The van der Waals surface area contributed by atoms with Gasteiger partial charge in [0.2, 0.25) is 0 Å². The Hall–Kier alpha value is -1.67. The minimum absolute atomic E-state index is 0.371. The van der Waals surface area contributed by atoms with Crippen molar-refractivity contribution in [1.82, 2.24) is 0 Å². The minimum atomic E-state index is -0.371. The second-order valence-electron chi connectivity index (χ2n) is 3.71. The van der Waals surface area contributed by atoms with E-state index >= 15 is 0 Å². The van der Waals surface area contributed by atoms with E-state index < -0.39 is 0 Å². The summed E-state index contributed by atoms with van der Waals surface area (Å²) in [6, 6.07) is 14.1. The van der Waals surface area contributed by atoms with Crippen LogP contribution in [0.4, 0.5) is 0 Å². The van der Waals surface area contributed by atoms with Crippen molar-refractivity contribution < 1.29 is 0 Å². The van der Waals surface area contributed by atoms with E-state index in [2.05, 4.69) is 10.0 Å². The Morgan fingerprint density at radius 2 is 1.22 bits per heavy atom. The van der Waals surface area contributed by atoms with Crippen molar-refractivity contribution in [2.45, 2.75) is 6.04 Å². The van der Waals surface area contributed by atoms with Crippen molar-refractivity contribution in [2.75, 3.05) is 0 Å². The Kier molecular flexibility index (Phi) is 4.11. The molecule has 0 saturated carbocycles. The molecule has 3 nitrogen and oxygen atoms in total. The number of nitrogens with zero attached hydrogens (tertiary/aromatic N) is 3. The molecule has 0 atom stereocenters. The van der Waals surface area contributed by atoms with Crippen LogP contribution in [-0.2, 0) is 0 Å². The molecule has 0 aliphatic rings. The number of hydrogen-bond acceptors (Lipinski definition) is 1. The highest BCUT2D eigenvalue weighted by Crippen LogP contribution is 2.28. The van der Waals surface area contributed by atoms with Crippen LogP contribution in [0.5, 0.6) is 0 Å². The van der Waals surface area contributed by atoms with Crippen LogP contribution in [0.1, 0.15) is 17.2 Å². The van der Waals surface area contributed by atoms with Crippen LogP contribution in [0.15, 0.2) is 53.6 Å². The number of benzene rings is 2. The number of hydrogen-bond donors (Lipinski definition) is 0. The third-order valence-electron chi connectivity index (χ3n) is 2.54. The summed E-state index contributed by atoms with van der Waals surface area (Å²) < 4.78 is 0. The predicted molar refractivity (Wildman–Crippen MR) is 73.9 cm³/mol. The molecule has 5 heteroatoms. The number of azide groups is 1. The first kappa shape index (κ1) is 12.8. The predicted octanol–water partition coefficient (Wildman–Crippen LogP) is 5.39. The summed E-state index contributed by atoms with van der Waals surface area (Å²) in [7, 11) is 0. The lowest BCUT2D eigenvalue weighted by Crippen LogP contribution is -1.96. The highest BCUT2D eigenvalue weighted by Gasteiger charge is 2.11. The standard InChI is InChI=1S/C13H9Cl2N3/c14-11-5-1-9(2-6-11)13(17-18-16)10-3-7-12(15)8-4-10/h1-8,13H. The van der Waals surface area contributed by atoms with Gasteiger partial charge in [-0.2, -0.15) is 0 Å². The first-order chi connectivity index (χ1) is 8.70. The molecular weight excluding hydrogens is 269 g/mol. The lowest BCUT2D eigenvalue weighted by molar-refractivity contribution is 0.859. The van der Waals surface area contributed by atoms with Gasteiger partial charge in [-0.25, -0.2) is 0 Å². The zero-order valence-corrected chi connectivity index (χ0v) is 10.8. The molecule has 2 aromatic rings. The van der Waals surface area contributed by atoms with Gasteiger partial charge in [0.1, 0.15) is 0 Å². The highest BCUT2D eigenvalue weighted by atomic mass is 35.5. The second-order valence-corrected chi connectivity index (χ2v) is 4.58. The summed E-state index contributed by atoms with van der Waals surface area (Å²) in [6.45, 7) is 0. The summed E-state index contributed by atoms with van der Waals surface area (Å²) in [6.07, 6.45) is 0. The summed E-state index contributed by atoms with van der Waals surface area (Å²) in [4.78, 5) is 2.89. The van der Waals surface area contributed by atoms with Crippen molar-refractivity contribution >= 4 is 23.2 Å². The average Bonchev–Trinajstić information content (AvgIpc) is 2.39. The topological polar surface area (TPSA) is 48.8 Å². The monoisotopic (exact) mass is 277 g/mol. The summed E-state index contributed by atoms with van der Waals surface area (Å²) in [5.41, 5.74) is 10.5. The van der Waals surface area contributed by atoms with E-state index in [0.717, 1.165) is 11.1 Å². The zero-order chi connectivity index (χ0) is 13.0. The molecule has 0 aromatic heterocycles. The Bertz CT molecular complexity index is 527. The number of rotatable bonds is 3. The van der Waals surface area contributed by atoms with E-state index in [1.807, 2.05) is 24.3 Å². The molecule has 90 valence electrons. The smallest absolute Gasteiger partial charge is 0.0843 e. The van der Waals surface area contributed by atoms with E-state index in [9.17, 15) is 0 Å². The molecule has 0 N–H and O–H groups in total. The van der Waals surface area contributed by atoms with E-state index in [4.69, 9.17) is 28.7 Å². The largest absolute Gasteiger partial charge is 0.0876 e. The Morgan fingerprint density at radius 3 is 1.56 bits per heavy atom. The van der Waals surface area contributed by atoms with Gasteiger partial charge in [-0.05, 0) is 40.9 Å². The molecule has 0 fully saturated rings. The van der Waals surface area contributed by atoms with E-state index in [1.54, 1.807) is 24.3 Å². The molecule has 0 bridgehead atoms. The van der Waals surface area contributed by atoms with Crippen LogP contribution in [-0.4, -0.2) is 0 Å². The van der Waals surface area contributed by atoms with Gasteiger partial charge in [0.25, 0.3) is 0 Å². The first-order valence-electron chi connectivity index (χ1n) is 5.26. The third-order valence-corrected chi connectivity index (χ3v) is 3.04. The van der Waals surface area contributed by atoms with Crippen LogP contribution in [0, 0.1) is 0 Å². The fraction of sp³-hybridized carbons (Fsp3) is 0.0769. The van der Waals surface area contributed by atoms with Crippen molar-refractivity contribution in [1.29, 1.82) is 0 Å². The molecule has 2 aromatic carbocycles. The highest BCUT2D eigenvalue weighted by molar-refractivity contribution is 6.30. The Balaban J connectivity index is 2.42. The molecule has 0 saturated heterocycles. The Morgan fingerprint density at radius 1 is 0.833 bits per heavy atom. The van der Waals surface area contributed by atoms with Crippen LogP contribution >= 0.6 is 23.2 Å². The summed E-state index contributed by atoms with van der Waals surface area (Å²) >= 11 is 11.7. The van der Waals surface area contributed by atoms with Gasteiger partial charge in [-0.1, -0.05) is 52.6 Å². The van der Waals surface area contributed by atoms with Gasteiger partial charge >= 0.3 is 0 Å². The zero-order valence-electron chi connectivity index (χ0n) is 9.29. The van der Waals surface area contributed by atoms with Crippen molar-refractivity contribution in [3.63, 3.8) is 0 Å². The lowest BCUT2D eigenvalue weighted by atomic mass is 10.00. The van der Waals surface area contributed by atoms with E-state index in [1.165, 1.54) is 0 Å². The van der Waals surface area contributed by atoms with Gasteiger partial charge in [0, 0.05) is 15.0 Å². The molecule has 18 heavy (non-hydrogen) atoms. The average molecular weight is 278 g/mol. The van der Waals surface area contributed by atoms with Crippen molar-refractivity contribution in [3.8, 4) is 0 Å². The number of halogens is 2. The van der Waals surface area contributed by atoms with Gasteiger partial charge in [0.05, 0.1) is 6.04 Å². The minimum Gasteiger partial charge on any atom is -0.0843 e. The molecule has 0 spiro atoms. The maximum absolute atomic E-state index is 8.67.